The minimum Gasteiger partial charge on any atom is -0.353 e. The molecule has 134 valence electrons. The van der Waals surface area contributed by atoms with Crippen LogP contribution in [0.25, 0.3) is 20.8 Å². The number of para-hydroxylation sites is 1. The van der Waals surface area contributed by atoms with Crippen molar-refractivity contribution in [2.24, 2.45) is 0 Å². The molecule has 0 saturated heterocycles. The lowest BCUT2D eigenvalue weighted by molar-refractivity contribution is -0.119. The molecule has 2 N–H and O–H groups in total. The zero-order valence-electron chi connectivity index (χ0n) is 14.6. The highest BCUT2D eigenvalue weighted by Gasteiger charge is 2.28. The zero-order valence-corrected chi connectivity index (χ0v) is 16.2. The Morgan fingerprint density at radius 2 is 1.96 bits per heavy atom. The van der Waals surface area contributed by atoms with E-state index in [9.17, 15) is 9.59 Å². The molecular formula is C19H19N3O2S2. The highest BCUT2D eigenvalue weighted by atomic mass is 32.1. The van der Waals surface area contributed by atoms with Gasteiger partial charge in [0.15, 0.2) is 0 Å². The number of thiazole rings is 1. The molecule has 1 aliphatic rings. The number of carbonyl (C=O) groups excluding carboxylic acids is 2. The van der Waals surface area contributed by atoms with E-state index >= 15 is 0 Å². The Bertz CT molecular complexity index is 973. The van der Waals surface area contributed by atoms with Crippen molar-refractivity contribution in [2.45, 2.75) is 39.2 Å². The number of fused-ring (bicyclic) bond motifs is 2. The molecule has 1 atom stereocenters. The summed E-state index contributed by atoms with van der Waals surface area (Å²) in [7, 11) is 0. The lowest BCUT2D eigenvalue weighted by atomic mass is 9.92. The van der Waals surface area contributed by atoms with Gasteiger partial charge in [-0.2, -0.15) is 0 Å². The molecule has 26 heavy (non-hydrogen) atoms. The van der Waals surface area contributed by atoms with E-state index in [1.165, 1.54) is 17.4 Å². The van der Waals surface area contributed by atoms with Gasteiger partial charge < -0.3 is 10.6 Å². The third kappa shape index (κ3) is 3.24. The predicted molar refractivity (Wildman–Crippen MR) is 107 cm³/mol. The van der Waals surface area contributed by atoms with Crippen molar-refractivity contribution in [3.63, 3.8) is 0 Å². The third-order valence-electron chi connectivity index (χ3n) is 4.47. The number of amides is 2. The Balaban J connectivity index is 1.79. The van der Waals surface area contributed by atoms with Crippen molar-refractivity contribution < 1.29 is 9.59 Å². The third-order valence-corrected chi connectivity index (χ3v) is 6.69. The van der Waals surface area contributed by atoms with Gasteiger partial charge in [-0.05, 0) is 30.5 Å². The van der Waals surface area contributed by atoms with E-state index in [1.807, 2.05) is 18.2 Å². The minimum absolute atomic E-state index is 0.00323. The number of aromatic nitrogens is 1. The van der Waals surface area contributed by atoms with Crippen LogP contribution in [0.2, 0.25) is 0 Å². The number of nitrogens with one attached hydrogen (secondary N) is 2. The number of rotatable bonds is 3. The molecule has 1 unspecified atom stereocenters. The lowest BCUT2D eigenvalue weighted by Gasteiger charge is -2.23. The van der Waals surface area contributed by atoms with Crippen LogP contribution in [0.5, 0.6) is 0 Å². The fourth-order valence-electron chi connectivity index (χ4n) is 3.45. The number of benzene rings is 1. The van der Waals surface area contributed by atoms with E-state index in [0.717, 1.165) is 45.1 Å². The molecule has 0 radical (unpaired) electrons. The molecule has 4 rings (SSSR count). The van der Waals surface area contributed by atoms with E-state index in [0.29, 0.717) is 0 Å². The number of thiophene rings is 1. The topological polar surface area (TPSA) is 71.1 Å². The quantitative estimate of drug-likeness (QED) is 0.716. The van der Waals surface area contributed by atoms with Crippen LogP contribution < -0.4 is 10.6 Å². The van der Waals surface area contributed by atoms with Crippen molar-refractivity contribution in [2.75, 3.05) is 5.32 Å². The Morgan fingerprint density at radius 3 is 2.69 bits per heavy atom. The lowest BCUT2D eigenvalue weighted by Crippen LogP contribution is -2.37. The van der Waals surface area contributed by atoms with Crippen molar-refractivity contribution in [1.82, 2.24) is 10.3 Å². The Labute approximate surface area is 159 Å². The van der Waals surface area contributed by atoms with Gasteiger partial charge in [0.1, 0.15) is 10.0 Å². The zero-order chi connectivity index (χ0) is 18.3. The van der Waals surface area contributed by atoms with E-state index < -0.39 is 0 Å². The number of hydrogen-bond donors (Lipinski definition) is 2. The summed E-state index contributed by atoms with van der Waals surface area (Å²) in [4.78, 5) is 29.1. The molecule has 1 aliphatic carbocycles. The standard InChI is InChI=1S/C19H19N3O2S2/c1-10(23)20-12-7-8-13-16(9-12)26-18(21-11(2)24)17(13)19-22-14-5-3-4-6-15(14)25-19/h3-6,12H,7-9H2,1-2H3,(H,20,23)(H,21,24). The highest BCUT2D eigenvalue weighted by Crippen LogP contribution is 2.46. The summed E-state index contributed by atoms with van der Waals surface area (Å²) in [6, 6.07) is 8.24. The summed E-state index contributed by atoms with van der Waals surface area (Å²) < 4.78 is 1.14. The maximum Gasteiger partial charge on any atom is 0.221 e. The van der Waals surface area contributed by atoms with Crippen LogP contribution in [0.1, 0.15) is 30.7 Å². The van der Waals surface area contributed by atoms with Gasteiger partial charge in [0.2, 0.25) is 11.8 Å². The van der Waals surface area contributed by atoms with Gasteiger partial charge in [-0.15, -0.1) is 22.7 Å². The minimum atomic E-state index is -0.0793. The first-order valence-corrected chi connectivity index (χ1v) is 10.2. The SMILES string of the molecule is CC(=O)Nc1sc2c(c1-c1nc3ccccc3s1)CCC(NC(C)=O)C2. The smallest absolute Gasteiger partial charge is 0.221 e. The van der Waals surface area contributed by atoms with Crippen LogP contribution in [0.3, 0.4) is 0 Å². The van der Waals surface area contributed by atoms with Crippen LogP contribution in [0.4, 0.5) is 5.00 Å². The average molecular weight is 386 g/mol. The number of anilines is 1. The molecule has 2 aromatic heterocycles. The van der Waals surface area contributed by atoms with E-state index in [2.05, 4.69) is 16.7 Å². The van der Waals surface area contributed by atoms with E-state index in [4.69, 9.17) is 4.98 Å². The van der Waals surface area contributed by atoms with Crippen molar-refractivity contribution in [1.29, 1.82) is 0 Å². The normalized spacial score (nSPS) is 16.3. The van der Waals surface area contributed by atoms with Crippen LogP contribution in [-0.4, -0.2) is 22.8 Å². The molecule has 5 nitrogen and oxygen atoms in total. The Kier molecular flexibility index (Phi) is 4.50. The molecule has 0 fully saturated rings. The van der Waals surface area contributed by atoms with Gasteiger partial charge in [-0.3, -0.25) is 9.59 Å². The number of carbonyl (C=O) groups is 2. The summed E-state index contributed by atoms with van der Waals surface area (Å²) in [6.45, 7) is 3.08. The highest BCUT2D eigenvalue weighted by molar-refractivity contribution is 7.22. The maximum absolute atomic E-state index is 11.7. The Hall–Kier alpha value is -2.25. The van der Waals surface area contributed by atoms with Crippen LogP contribution in [0.15, 0.2) is 24.3 Å². The molecule has 3 aromatic rings. The fraction of sp³-hybridized carbons (Fsp3) is 0.316. The number of nitrogens with zero attached hydrogens (tertiary/aromatic N) is 1. The molecule has 0 bridgehead atoms. The van der Waals surface area contributed by atoms with Gasteiger partial charge in [0.25, 0.3) is 0 Å². The molecule has 7 heteroatoms. The van der Waals surface area contributed by atoms with Crippen molar-refractivity contribution in [3.8, 4) is 10.6 Å². The summed E-state index contributed by atoms with van der Waals surface area (Å²) >= 11 is 3.26. The average Bonchev–Trinajstić information content (AvgIpc) is 3.13. The first-order chi connectivity index (χ1) is 12.5. The second-order valence-corrected chi connectivity index (χ2v) is 8.65. The molecule has 2 heterocycles. The van der Waals surface area contributed by atoms with Crippen LogP contribution in [0, 0.1) is 0 Å². The number of hydrogen-bond acceptors (Lipinski definition) is 5. The monoisotopic (exact) mass is 385 g/mol. The van der Waals surface area contributed by atoms with Crippen LogP contribution >= 0.6 is 22.7 Å². The van der Waals surface area contributed by atoms with E-state index in [1.54, 1.807) is 29.6 Å². The first-order valence-electron chi connectivity index (χ1n) is 8.56. The molecular weight excluding hydrogens is 366 g/mol. The van der Waals surface area contributed by atoms with E-state index in [-0.39, 0.29) is 17.9 Å². The molecule has 2 amide bonds. The summed E-state index contributed by atoms with van der Waals surface area (Å²) in [6.07, 6.45) is 2.58. The molecule has 1 aromatic carbocycles. The summed E-state index contributed by atoms with van der Waals surface area (Å²) in [5, 5.41) is 7.82. The molecule has 0 spiro atoms. The Morgan fingerprint density at radius 1 is 1.15 bits per heavy atom. The second-order valence-electron chi connectivity index (χ2n) is 6.52. The summed E-state index contributed by atoms with van der Waals surface area (Å²) in [5.74, 6) is -0.0761. The fourth-order valence-corrected chi connectivity index (χ4v) is 5.93. The molecule has 0 aliphatic heterocycles. The van der Waals surface area contributed by atoms with Crippen molar-refractivity contribution >= 4 is 49.7 Å². The summed E-state index contributed by atoms with van der Waals surface area (Å²) in [5.41, 5.74) is 3.30. The largest absolute Gasteiger partial charge is 0.353 e. The maximum atomic E-state index is 11.7. The van der Waals surface area contributed by atoms with Gasteiger partial charge in [-0.25, -0.2) is 4.98 Å². The van der Waals surface area contributed by atoms with Gasteiger partial charge in [0.05, 0.1) is 10.2 Å². The van der Waals surface area contributed by atoms with Gasteiger partial charge in [-0.1, -0.05) is 12.1 Å². The van der Waals surface area contributed by atoms with Crippen molar-refractivity contribution in [3.05, 3.63) is 34.7 Å². The second kappa shape index (κ2) is 6.81. The predicted octanol–water partition coefficient (Wildman–Crippen LogP) is 3.98. The van der Waals surface area contributed by atoms with Gasteiger partial charge >= 0.3 is 0 Å². The van der Waals surface area contributed by atoms with Crippen LogP contribution in [-0.2, 0) is 22.4 Å². The van der Waals surface area contributed by atoms with Gasteiger partial charge in [0, 0.05) is 36.8 Å². The molecule has 0 saturated carbocycles. The first kappa shape index (κ1) is 17.2.